The topological polar surface area (TPSA) is 24.5 Å². The maximum atomic E-state index is 5.00. The van der Waals surface area contributed by atoms with Gasteiger partial charge in [-0.3, -0.25) is 0 Å². The van der Waals surface area contributed by atoms with Crippen molar-refractivity contribution in [3.63, 3.8) is 0 Å². The van der Waals surface area contributed by atoms with Crippen LogP contribution < -0.4 is 5.32 Å². The van der Waals surface area contributed by atoms with Gasteiger partial charge in [0.15, 0.2) is 0 Å². The number of unbranched alkanes of at least 4 members (excludes halogenated alkanes) is 1. The summed E-state index contributed by atoms with van der Waals surface area (Å²) in [5.41, 5.74) is 0. The molecule has 1 fully saturated rings. The van der Waals surface area contributed by atoms with Crippen LogP contribution in [0.3, 0.4) is 0 Å². The molecular formula is C15H32N2O. The second-order valence-corrected chi connectivity index (χ2v) is 5.72. The Labute approximate surface area is 113 Å². The number of ether oxygens (including phenoxy) is 1. The third kappa shape index (κ3) is 8.06. The summed E-state index contributed by atoms with van der Waals surface area (Å²) in [6.07, 6.45) is 9.89. The summed E-state index contributed by atoms with van der Waals surface area (Å²) in [5, 5.41) is 3.40. The first-order valence-corrected chi connectivity index (χ1v) is 7.71. The predicted octanol–water partition coefficient (Wildman–Crippen LogP) is 2.51. The quantitative estimate of drug-likeness (QED) is 0.608. The van der Waals surface area contributed by atoms with Gasteiger partial charge in [-0.05, 0) is 51.7 Å². The molecular weight excluding hydrogens is 224 g/mol. The molecule has 3 heteroatoms. The normalized spacial score (nSPS) is 17.5. The highest BCUT2D eigenvalue weighted by Crippen LogP contribution is 2.24. The average Bonchev–Trinajstić information content (AvgIpc) is 2.39. The Morgan fingerprint density at radius 1 is 1.11 bits per heavy atom. The molecule has 0 amide bonds. The molecule has 0 saturated heterocycles. The summed E-state index contributed by atoms with van der Waals surface area (Å²) in [5.74, 6) is 0.976. The molecule has 0 atom stereocenters. The summed E-state index contributed by atoms with van der Waals surface area (Å²) in [6.45, 7) is 5.50. The van der Waals surface area contributed by atoms with E-state index in [2.05, 4.69) is 17.3 Å². The minimum absolute atomic E-state index is 0.821. The molecule has 0 unspecified atom stereocenters. The lowest BCUT2D eigenvalue weighted by Crippen LogP contribution is -2.28. The Bertz CT molecular complexity index is 181. The molecule has 1 rings (SSSR count). The van der Waals surface area contributed by atoms with Gasteiger partial charge in [0, 0.05) is 20.2 Å². The zero-order valence-electron chi connectivity index (χ0n) is 12.4. The van der Waals surface area contributed by atoms with Crippen LogP contribution in [0.2, 0.25) is 0 Å². The fourth-order valence-electron chi connectivity index (χ4n) is 2.83. The van der Waals surface area contributed by atoms with Gasteiger partial charge in [-0.15, -0.1) is 0 Å². The number of rotatable bonds is 10. The lowest BCUT2D eigenvalue weighted by Gasteiger charge is -2.26. The van der Waals surface area contributed by atoms with Crippen LogP contribution in [0, 0.1) is 5.92 Å². The van der Waals surface area contributed by atoms with Crippen molar-refractivity contribution in [2.75, 3.05) is 46.9 Å². The summed E-state index contributed by atoms with van der Waals surface area (Å²) in [7, 11) is 4.04. The lowest BCUT2D eigenvalue weighted by molar-refractivity contribution is 0.198. The van der Waals surface area contributed by atoms with Crippen molar-refractivity contribution in [3.8, 4) is 0 Å². The molecule has 0 aromatic heterocycles. The van der Waals surface area contributed by atoms with Crippen LogP contribution in [0.4, 0.5) is 0 Å². The molecule has 0 spiro atoms. The number of nitrogens with one attached hydrogen (secondary N) is 1. The van der Waals surface area contributed by atoms with Gasteiger partial charge in [0.2, 0.25) is 0 Å². The van der Waals surface area contributed by atoms with Gasteiger partial charge in [0.25, 0.3) is 0 Å². The number of hydrogen-bond donors (Lipinski definition) is 1. The fraction of sp³-hybridized carbons (Fsp3) is 1.00. The van der Waals surface area contributed by atoms with E-state index in [9.17, 15) is 0 Å². The summed E-state index contributed by atoms with van der Waals surface area (Å²) >= 11 is 0. The maximum absolute atomic E-state index is 5.00. The highest BCUT2D eigenvalue weighted by molar-refractivity contribution is 4.69. The molecule has 0 bridgehead atoms. The third-order valence-electron chi connectivity index (χ3n) is 3.92. The molecule has 1 N–H and O–H groups in total. The van der Waals surface area contributed by atoms with Crippen molar-refractivity contribution in [2.45, 2.75) is 44.9 Å². The molecule has 108 valence electrons. The van der Waals surface area contributed by atoms with E-state index in [1.54, 1.807) is 7.11 Å². The minimum atomic E-state index is 0.821. The second kappa shape index (κ2) is 10.8. The first-order chi connectivity index (χ1) is 8.83. The van der Waals surface area contributed by atoms with Crippen molar-refractivity contribution in [1.82, 2.24) is 10.2 Å². The van der Waals surface area contributed by atoms with Crippen molar-refractivity contribution in [2.24, 2.45) is 5.92 Å². The van der Waals surface area contributed by atoms with E-state index in [-0.39, 0.29) is 0 Å². The van der Waals surface area contributed by atoms with Crippen LogP contribution in [-0.2, 0) is 4.74 Å². The summed E-state index contributed by atoms with van der Waals surface area (Å²) in [4.78, 5) is 2.53. The van der Waals surface area contributed by atoms with Gasteiger partial charge in [0.1, 0.15) is 0 Å². The van der Waals surface area contributed by atoms with Gasteiger partial charge >= 0.3 is 0 Å². The van der Waals surface area contributed by atoms with Gasteiger partial charge in [-0.25, -0.2) is 0 Å². The highest BCUT2D eigenvalue weighted by atomic mass is 16.5. The van der Waals surface area contributed by atoms with Gasteiger partial charge in [0.05, 0.1) is 6.61 Å². The van der Waals surface area contributed by atoms with Gasteiger partial charge in [-0.1, -0.05) is 19.3 Å². The van der Waals surface area contributed by atoms with Crippen molar-refractivity contribution < 1.29 is 4.74 Å². The molecule has 0 heterocycles. The Hall–Kier alpha value is -0.120. The summed E-state index contributed by atoms with van der Waals surface area (Å²) < 4.78 is 5.00. The van der Waals surface area contributed by atoms with Crippen LogP contribution in [-0.4, -0.2) is 51.8 Å². The Morgan fingerprint density at radius 2 is 1.89 bits per heavy atom. The zero-order chi connectivity index (χ0) is 13.1. The first kappa shape index (κ1) is 15.9. The standard InChI is InChI=1S/C15H32N2O/c1-17(14-15-8-4-3-5-9-15)12-7-6-10-16-11-13-18-2/h15-16H,3-14H2,1-2H3. The van der Waals surface area contributed by atoms with Crippen molar-refractivity contribution >= 4 is 0 Å². The van der Waals surface area contributed by atoms with Crippen LogP contribution >= 0.6 is 0 Å². The zero-order valence-corrected chi connectivity index (χ0v) is 12.4. The van der Waals surface area contributed by atoms with Crippen LogP contribution in [0.1, 0.15) is 44.9 Å². The largest absolute Gasteiger partial charge is 0.383 e. The number of hydrogen-bond acceptors (Lipinski definition) is 3. The first-order valence-electron chi connectivity index (χ1n) is 7.71. The molecule has 0 aliphatic heterocycles. The fourth-order valence-corrected chi connectivity index (χ4v) is 2.83. The Morgan fingerprint density at radius 3 is 2.61 bits per heavy atom. The average molecular weight is 256 g/mol. The molecule has 1 aliphatic carbocycles. The highest BCUT2D eigenvalue weighted by Gasteiger charge is 2.14. The number of nitrogens with zero attached hydrogens (tertiary/aromatic N) is 1. The maximum Gasteiger partial charge on any atom is 0.0587 e. The number of methoxy groups -OCH3 is 1. The summed E-state index contributed by atoms with van der Waals surface area (Å²) in [6, 6.07) is 0. The molecule has 0 radical (unpaired) electrons. The van der Waals surface area contributed by atoms with Crippen molar-refractivity contribution in [1.29, 1.82) is 0 Å². The van der Waals surface area contributed by atoms with E-state index in [0.29, 0.717) is 0 Å². The molecule has 1 aliphatic rings. The van der Waals surface area contributed by atoms with Crippen LogP contribution in [0.25, 0.3) is 0 Å². The molecule has 18 heavy (non-hydrogen) atoms. The van der Waals surface area contributed by atoms with Crippen LogP contribution in [0.15, 0.2) is 0 Å². The lowest BCUT2D eigenvalue weighted by atomic mass is 9.89. The van der Waals surface area contributed by atoms with E-state index in [4.69, 9.17) is 4.74 Å². The smallest absolute Gasteiger partial charge is 0.0587 e. The molecule has 3 nitrogen and oxygen atoms in total. The van der Waals surface area contributed by atoms with E-state index in [1.807, 2.05) is 0 Å². The monoisotopic (exact) mass is 256 g/mol. The second-order valence-electron chi connectivity index (χ2n) is 5.72. The molecule has 1 saturated carbocycles. The van der Waals surface area contributed by atoms with Crippen molar-refractivity contribution in [3.05, 3.63) is 0 Å². The van der Waals surface area contributed by atoms with E-state index < -0.39 is 0 Å². The Balaban J connectivity index is 1.88. The van der Waals surface area contributed by atoms with E-state index >= 15 is 0 Å². The van der Waals surface area contributed by atoms with Crippen LogP contribution in [0.5, 0.6) is 0 Å². The Kier molecular flexibility index (Phi) is 9.54. The van der Waals surface area contributed by atoms with Gasteiger partial charge in [-0.2, -0.15) is 0 Å². The van der Waals surface area contributed by atoms with Gasteiger partial charge < -0.3 is 15.0 Å². The van der Waals surface area contributed by atoms with E-state index in [1.165, 1.54) is 58.0 Å². The minimum Gasteiger partial charge on any atom is -0.383 e. The SMILES string of the molecule is COCCNCCCCN(C)CC1CCCCC1. The predicted molar refractivity (Wildman–Crippen MR) is 78.1 cm³/mol. The third-order valence-corrected chi connectivity index (χ3v) is 3.92. The van der Waals surface area contributed by atoms with E-state index in [0.717, 1.165) is 25.6 Å². The molecule has 0 aromatic carbocycles. The molecule has 0 aromatic rings.